The fourth-order valence-electron chi connectivity index (χ4n) is 1.76. The molecule has 0 bridgehead atoms. The number of ether oxygens (including phenoxy) is 1. The van der Waals surface area contributed by atoms with Crippen molar-refractivity contribution < 1.29 is 23.9 Å². The van der Waals surface area contributed by atoms with Gasteiger partial charge in [0.2, 0.25) is 0 Å². The van der Waals surface area contributed by atoms with Gasteiger partial charge in [0.1, 0.15) is 5.69 Å². The van der Waals surface area contributed by atoms with E-state index in [1.807, 2.05) is 6.92 Å². The smallest absolute Gasteiger partial charge is 0.339 e. The number of aromatic amines is 1. The van der Waals surface area contributed by atoms with Crippen LogP contribution < -0.4 is 16.0 Å². The molecule has 1 aliphatic rings. The number of fused-ring (bicyclic) bond motifs is 1. The van der Waals surface area contributed by atoms with Gasteiger partial charge in [-0.2, -0.15) is 0 Å². The van der Waals surface area contributed by atoms with E-state index in [1.165, 1.54) is 17.4 Å². The summed E-state index contributed by atoms with van der Waals surface area (Å²) in [5.74, 6) is -2.32. The fourth-order valence-corrected chi connectivity index (χ4v) is 2.12. The van der Waals surface area contributed by atoms with Gasteiger partial charge in [-0.25, -0.2) is 4.98 Å². The highest BCUT2D eigenvalue weighted by Crippen LogP contribution is 2.37. The van der Waals surface area contributed by atoms with Crippen LogP contribution in [0, 0.1) is 0 Å². The lowest BCUT2D eigenvalue weighted by Gasteiger charge is -2.41. The number of aromatic nitrogens is 2. The van der Waals surface area contributed by atoms with Crippen molar-refractivity contribution in [3.63, 3.8) is 0 Å². The number of hydrogen-bond donors (Lipinski definition) is 5. The lowest BCUT2D eigenvalue weighted by Crippen LogP contribution is -2.70. The summed E-state index contributed by atoms with van der Waals surface area (Å²) < 4.78 is 16.0. The molecule has 1 aromatic heterocycles. The van der Waals surface area contributed by atoms with Crippen LogP contribution in [0.2, 0.25) is 0 Å². The lowest BCUT2D eigenvalue weighted by molar-refractivity contribution is -0.0432. The van der Waals surface area contributed by atoms with Crippen LogP contribution in [-0.4, -0.2) is 38.0 Å². The first-order valence-corrected chi connectivity index (χ1v) is 7.86. The highest BCUT2D eigenvalue weighted by Gasteiger charge is 2.44. The van der Waals surface area contributed by atoms with Gasteiger partial charge in [-0.3, -0.25) is 25.3 Å². The number of nitrogens with one attached hydrogen (secondary N) is 2. The molecule has 0 saturated heterocycles. The number of anilines is 1. The molecule has 0 fully saturated rings. The van der Waals surface area contributed by atoms with Crippen LogP contribution in [0.25, 0.3) is 0 Å². The summed E-state index contributed by atoms with van der Waals surface area (Å²) in [4.78, 5) is 37.7. The Kier molecular flexibility index (Phi) is 4.17. The SMILES string of the molecule is CCC=CN1c2nc[nH]c2C(=O)NC1(N)OCP(=O)(O)O. The summed E-state index contributed by atoms with van der Waals surface area (Å²) in [6.07, 6.45) is 4.31. The number of carbonyl (C=O) groups excluding carboxylic acids is 1. The minimum absolute atomic E-state index is 0.177. The van der Waals surface area contributed by atoms with Crippen LogP contribution in [0.5, 0.6) is 0 Å². The second-order valence-corrected chi connectivity index (χ2v) is 5.94. The summed E-state index contributed by atoms with van der Waals surface area (Å²) in [5, 5.41) is 2.34. The third kappa shape index (κ3) is 3.31. The lowest BCUT2D eigenvalue weighted by atomic mass is 10.3. The zero-order valence-electron chi connectivity index (χ0n) is 11.2. The second kappa shape index (κ2) is 5.58. The van der Waals surface area contributed by atoms with Crippen molar-refractivity contribution >= 4 is 19.3 Å². The van der Waals surface area contributed by atoms with Gasteiger partial charge in [-0.1, -0.05) is 13.0 Å². The molecule has 2 heterocycles. The number of hydrogen-bond acceptors (Lipinski definition) is 6. The number of nitrogens with two attached hydrogens (primary N) is 1. The molecule has 1 amide bonds. The van der Waals surface area contributed by atoms with E-state index in [-0.39, 0.29) is 11.5 Å². The van der Waals surface area contributed by atoms with Crippen LogP contribution in [0.3, 0.4) is 0 Å². The van der Waals surface area contributed by atoms with Gasteiger partial charge in [0, 0.05) is 6.20 Å². The van der Waals surface area contributed by atoms with Crippen molar-refractivity contribution in [2.75, 3.05) is 11.2 Å². The molecular formula is C10H16N5O5P. The molecule has 1 aromatic rings. The standard InChI is InChI=1S/C10H16N5O5P/c1-2-3-4-15-8-7(12-5-13-8)9(16)14-10(15,11)20-6-21(17,18)19/h3-5H,2,6,11H2,1H3,(H,12,13)(H,14,16)(H2,17,18,19). The third-order valence-corrected chi connectivity index (χ3v) is 3.13. The molecule has 1 atom stereocenters. The molecule has 0 aliphatic carbocycles. The average Bonchev–Trinajstić information content (AvgIpc) is 2.85. The topological polar surface area (TPSA) is 154 Å². The van der Waals surface area contributed by atoms with Crippen LogP contribution in [0.15, 0.2) is 18.6 Å². The van der Waals surface area contributed by atoms with Crippen molar-refractivity contribution in [2.45, 2.75) is 19.3 Å². The van der Waals surface area contributed by atoms with Crippen molar-refractivity contribution in [2.24, 2.45) is 5.73 Å². The van der Waals surface area contributed by atoms with Gasteiger partial charge in [0.15, 0.2) is 12.2 Å². The van der Waals surface area contributed by atoms with Crippen LogP contribution in [0.1, 0.15) is 23.8 Å². The molecule has 0 spiro atoms. The molecule has 0 aromatic carbocycles. The maximum Gasteiger partial charge on any atom is 0.351 e. The molecule has 11 heteroatoms. The Balaban J connectivity index is 2.36. The molecule has 21 heavy (non-hydrogen) atoms. The largest absolute Gasteiger partial charge is 0.351 e. The maximum absolute atomic E-state index is 11.9. The minimum atomic E-state index is -4.45. The summed E-state index contributed by atoms with van der Waals surface area (Å²) in [5.41, 5.74) is 6.12. The molecule has 6 N–H and O–H groups in total. The number of rotatable bonds is 5. The third-order valence-electron chi connectivity index (χ3n) is 2.67. The quantitative estimate of drug-likeness (QED) is 0.363. The van der Waals surface area contributed by atoms with Crippen LogP contribution in [0.4, 0.5) is 5.82 Å². The summed E-state index contributed by atoms with van der Waals surface area (Å²) in [7, 11) is -4.45. The van der Waals surface area contributed by atoms with E-state index in [4.69, 9.17) is 20.3 Å². The highest BCUT2D eigenvalue weighted by molar-refractivity contribution is 7.51. The molecule has 0 saturated carbocycles. The van der Waals surface area contributed by atoms with E-state index < -0.39 is 25.8 Å². The molecule has 116 valence electrons. The van der Waals surface area contributed by atoms with E-state index in [2.05, 4.69) is 15.3 Å². The molecule has 0 radical (unpaired) electrons. The van der Waals surface area contributed by atoms with Gasteiger partial charge in [-0.05, 0) is 6.42 Å². The monoisotopic (exact) mass is 317 g/mol. The van der Waals surface area contributed by atoms with E-state index >= 15 is 0 Å². The zero-order chi connectivity index (χ0) is 15.7. The highest BCUT2D eigenvalue weighted by atomic mass is 31.2. The van der Waals surface area contributed by atoms with Gasteiger partial charge in [0.25, 0.3) is 11.9 Å². The van der Waals surface area contributed by atoms with Gasteiger partial charge in [-0.15, -0.1) is 0 Å². The number of amides is 1. The van der Waals surface area contributed by atoms with E-state index in [9.17, 15) is 9.36 Å². The average molecular weight is 317 g/mol. The van der Waals surface area contributed by atoms with Gasteiger partial charge in [0.05, 0.1) is 6.33 Å². The zero-order valence-corrected chi connectivity index (χ0v) is 12.1. The Morgan fingerprint density at radius 3 is 2.95 bits per heavy atom. The Morgan fingerprint density at radius 1 is 1.62 bits per heavy atom. The number of imidazole rings is 1. The normalized spacial score (nSPS) is 22.5. The van der Waals surface area contributed by atoms with E-state index in [0.717, 1.165) is 0 Å². The van der Waals surface area contributed by atoms with E-state index in [1.54, 1.807) is 6.08 Å². The van der Waals surface area contributed by atoms with Crippen molar-refractivity contribution in [3.8, 4) is 0 Å². The first-order chi connectivity index (χ1) is 9.77. The Bertz CT molecular complexity index is 611. The minimum Gasteiger partial charge on any atom is -0.339 e. The number of H-pyrrole nitrogens is 1. The Morgan fingerprint density at radius 2 is 2.33 bits per heavy atom. The van der Waals surface area contributed by atoms with E-state index in [0.29, 0.717) is 6.42 Å². The molecule has 2 rings (SSSR count). The number of allylic oxidation sites excluding steroid dienone is 1. The summed E-state index contributed by atoms with van der Waals surface area (Å²) in [6.45, 7) is 1.89. The second-order valence-electron chi connectivity index (χ2n) is 4.35. The summed E-state index contributed by atoms with van der Waals surface area (Å²) >= 11 is 0. The Labute approximate surface area is 120 Å². The Hall–Kier alpha value is -1.71. The van der Waals surface area contributed by atoms with Crippen LogP contribution in [-0.2, 0) is 9.30 Å². The first kappa shape index (κ1) is 15.7. The number of nitrogens with zero attached hydrogens (tertiary/aromatic N) is 2. The molecule has 1 unspecified atom stereocenters. The maximum atomic E-state index is 11.9. The molecule has 10 nitrogen and oxygen atoms in total. The predicted octanol–water partition coefficient (Wildman–Crippen LogP) is -0.395. The van der Waals surface area contributed by atoms with Crippen molar-refractivity contribution in [3.05, 3.63) is 24.3 Å². The first-order valence-electron chi connectivity index (χ1n) is 6.06. The fraction of sp³-hybridized carbons (Fsp3) is 0.400. The summed E-state index contributed by atoms with van der Waals surface area (Å²) in [6, 6.07) is 0. The van der Waals surface area contributed by atoms with Gasteiger partial charge < -0.3 is 19.5 Å². The van der Waals surface area contributed by atoms with Crippen molar-refractivity contribution in [1.82, 2.24) is 15.3 Å². The predicted molar refractivity (Wildman–Crippen MR) is 72.9 cm³/mol. The van der Waals surface area contributed by atoms with Crippen LogP contribution >= 0.6 is 7.60 Å². The van der Waals surface area contributed by atoms with Crippen molar-refractivity contribution in [1.29, 1.82) is 0 Å². The molecular weight excluding hydrogens is 301 g/mol. The van der Waals surface area contributed by atoms with Gasteiger partial charge >= 0.3 is 7.60 Å². The number of carbonyl (C=O) groups is 1. The molecule has 1 aliphatic heterocycles.